The van der Waals surface area contributed by atoms with Crippen LogP contribution in [0, 0.1) is 12.8 Å². The normalized spacial score (nSPS) is 30.7. The van der Waals surface area contributed by atoms with Crippen molar-refractivity contribution < 1.29 is 4.74 Å². The molecule has 1 aromatic rings. The van der Waals surface area contributed by atoms with Crippen LogP contribution in [-0.2, 0) is 11.3 Å². The van der Waals surface area contributed by atoms with Gasteiger partial charge >= 0.3 is 0 Å². The third kappa shape index (κ3) is 3.50. The molecule has 0 spiro atoms. The van der Waals surface area contributed by atoms with Gasteiger partial charge in [0, 0.05) is 55.1 Å². The van der Waals surface area contributed by atoms with Crippen LogP contribution < -0.4 is 0 Å². The van der Waals surface area contributed by atoms with Gasteiger partial charge in [-0.1, -0.05) is 0 Å². The van der Waals surface area contributed by atoms with Crippen LogP contribution in [0.2, 0.25) is 0 Å². The number of hydrogen-bond donors (Lipinski definition) is 0. The Morgan fingerprint density at radius 3 is 2.90 bits per heavy atom. The summed E-state index contributed by atoms with van der Waals surface area (Å²) in [5, 5.41) is 0. The van der Waals surface area contributed by atoms with E-state index in [0.717, 1.165) is 25.1 Å². The molecule has 1 saturated carbocycles. The fourth-order valence-corrected chi connectivity index (χ4v) is 4.61. The summed E-state index contributed by atoms with van der Waals surface area (Å²) in [6.45, 7) is 9.18. The maximum atomic E-state index is 6.12. The second-order valence-electron chi connectivity index (χ2n) is 7.03. The van der Waals surface area contributed by atoms with E-state index in [1.807, 2.05) is 11.3 Å². The first-order valence-electron chi connectivity index (χ1n) is 8.39. The number of rotatable bonds is 5. The summed E-state index contributed by atoms with van der Waals surface area (Å²) in [6, 6.07) is 5.26. The van der Waals surface area contributed by atoms with Crippen molar-refractivity contribution in [2.45, 2.75) is 44.9 Å². The molecule has 3 fully saturated rings. The van der Waals surface area contributed by atoms with Crippen LogP contribution in [0.5, 0.6) is 0 Å². The smallest absolute Gasteiger partial charge is 0.0717 e. The zero-order valence-corrected chi connectivity index (χ0v) is 13.8. The summed E-state index contributed by atoms with van der Waals surface area (Å²) in [6.07, 6.45) is 4.54. The molecule has 2 atom stereocenters. The van der Waals surface area contributed by atoms with E-state index in [-0.39, 0.29) is 0 Å². The minimum absolute atomic E-state index is 0.500. The standard InChI is InChI=1S/C17H26N2OS/c1-13-2-5-17(21-13)11-18-6-7-19-10-16(8-15(19)9-18)20-12-14-3-4-14/h2,5,14-16H,3-4,6-12H2,1H3/t15-,16-/m1/s1. The van der Waals surface area contributed by atoms with Crippen molar-refractivity contribution in [3.05, 3.63) is 21.9 Å². The molecule has 1 aliphatic carbocycles. The second-order valence-corrected chi connectivity index (χ2v) is 8.40. The Hall–Kier alpha value is -0.420. The fraction of sp³-hybridized carbons (Fsp3) is 0.765. The molecule has 3 nitrogen and oxygen atoms in total. The molecule has 2 aliphatic heterocycles. The second kappa shape index (κ2) is 5.99. The molecule has 1 aromatic heterocycles. The van der Waals surface area contributed by atoms with Crippen LogP contribution in [0.4, 0.5) is 0 Å². The number of hydrogen-bond acceptors (Lipinski definition) is 4. The Kier molecular flexibility index (Phi) is 4.05. The molecule has 0 bridgehead atoms. The average Bonchev–Trinajstić information content (AvgIpc) is 3.08. The van der Waals surface area contributed by atoms with Crippen molar-refractivity contribution >= 4 is 11.3 Å². The lowest BCUT2D eigenvalue weighted by Crippen LogP contribution is -2.49. The van der Waals surface area contributed by atoms with Crippen LogP contribution in [0.25, 0.3) is 0 Å². The molecule has 2 saturated heterocycles. The minimum Gasteiger partial charge on any atom is -0.377 e. The first-order valence-corrected chi connectivity index (χ1v) is 9.21. The number of aryl methyl sites for hydroxylation is 1. The van der Waals surface area contributed by atoms with Crippen LogP contribution in [0.15, 0.2) is 12.1 Å². The maximum absolute atomic E-state index is 6.12. The molecule has 4 rings (SSSR count). The van der Waals surface area contributed by atoms with Crippen molar-refractivity contribution in [1.82, 2.24) is 9.80 Å². The van der Waals surface area contributed by atoms with E-state index in [9.17, 15) is 0 Å². The Bertz CT molecular complexity index is 485. The van der Waals surface area contributed by atoms with Gasteiger partial charge in [-0.25, -0.2) is 0 Å². The van der Waals surface area contributed by atoms with Crippen molar-refractivity contribution in [3.63, 3.8) is 0 Å². The summed E-state index contributed by atoms with van der Waals surface area (Å²) in [5.41, 5.74) is 0. The summed E-state index contributed by atoms with van der Waals surface area (Å²) in [7, 11) is 0. The molecule has 0 N–H and O–H groups in total. The highest BCUT2D eigenvalue weighted by molar-refractivity contribution is 7.11. The lowest BCUT2D eigenvalue weighted by atomic mass is 10.1. The highest BCUT2D eigenvalue weighted by Crippen LogP contribution is 2.31. The molecule has 3 aliphatic rings. The first kappa shape index (κ1) is 14.2. The number of ether oxygens (including phenoxy) is 1. The van der Waals surface area contributed by atoms with E-state index >= 15 is 0 Å². The third-order valence-corrected chi connectivity index (χ3v) is 6.09. The van der Waals surface area contributed by atoms with Crippen molar-refractivity contribution in [2.75, 3.05) is 32.8 Å². The maximum Gasteiger partial charge on any atom is 0.0717 e. The van der Waals surface area contributed by atoms with Gasteiger partial charge in [-0.15, -0.1) is 11.3 Å². The van der Waals surface area contributed by atoms with Crippen LogP contribution in [0.3, 0.4) is 0 Å². The lowest BCUT2D eigenvalue weighted by molar-refractivity contribution is 0.0508. The topological polar surface area (TPSA) is 15.7 Å². The molecule has 0 amide bonds. The van der Waals surface area contributed by atoms with E-state index in [0.29, 0.717) is 6.10 Å². The number of fused-ring (bicyclic) bond motifs is 1. The molecule has 21 heavy (non-hydrogen) atoms. The minimum atomic E-state index is 0.500. The average molecular weight is 306 g/mol. The van der Waals surface area contributed by atoms with Crippen molar-refractivity contribution in [1.29, 1.82) is 0 Å². The van der Waals surface area contributed by atoms with Crippen LogP contribution in [-0.4, -0.2) is 54.7 Å². The highest BCUT2D eigenvalue weighted by atomic mass is 32.1. The third-order valence-electron chi connectivity index (χ3n) is 5.10. The molecular weight excluding hydrogens is 280 g/mol. The Morgan fingerprint density at radius 1 is 1.24 bits per heavy atom. The predicted octanol–water partition coefficient (Wildman–Crippen LogP) is 2.74. The largest absolute Gasteiger partial charge is 0.377 e. The van der Waals surface area contributed by atoms with Gasteiger partial charge in [-0.05, 0) is 44.2 Å². The van der Waals surface area contributed by atoms with Crippen molar-refractivity contribution in [3.8, 4) is 0 Å². The molecule has 0 unspecified atom stereocenters. The summed E-state index contributed by atoms with van der Waals surface area (Å²) in [5.74, 6) is 0.890. The summed E-state index contributed by atoms with van der Waals surface area (Å²) < 4.78 is 6.12. The van der Waals surface area contributed by atoms with E-state index in [1.165, 1.54) is 55.2 Å². The molecular formula is C17H26N2OS. The molecule has 0 radical (unpaired) electrons. The monoisotopic (exact) mass is 306 g/mol. The van der Waals surface area contributed by atoms with Gasteiger partial charge in [0.05, 0.1) is 6.10 Å². The van der Waals surface area contributed by atoms with Gasteiger partial charge < -0.3 is 4.74 Å². The zero-order valence-electron chi connectivity index (χ0n) is 13.0. The molecule has 3 heterocycles. The van der Waals surface area contributed by atoms with Crippen LogP contribution in [0.1, 0.15) is 29.0 Å². The Labute approximate surface area is 131 Å². The van der Waals surface area contributed by atoms with E-state index < -0.39 is 0 Å². The lowest BCUT2D eigenvalue weighted by Gasteiger charge is -2.37. The SMILES string of the molecule is Cc1ccc(CN2CCN3C[C@H](OCC4CC4)C[C@@H]3C2)s1. The van der Waals surface area contributed by atoms with E-state index in [2.05, 4.69) is 28.9 Å². The van der Waals surface area contributed by atoms with E-state index in [4.69, 9.17) is 4.74 Å². The summed E-state index contributed by atoms with van der Waals surface area (Å²) in [4.78, 5) is 8.24. The molecule has 116 valence electrons. The zero-order chi connectivity index (χ0) is 14.2. The number of nitrogens with zero attached hydrogens (tertiary/aromatic N) is 2. The van der Waals surface area contributed by atoms with Crippen LogP contribution >= 0.6 is 11.3 Å². The Balaban J connectivity index is 1.28. The highest BCUT2D eigenvalue weighted by Gasteiger charge is 2.37. The summed E-state index contributed by atoms with van der Waals surface area (Å²) >= 11 is 1.95. The van der Waals surface area contributed by atoms with Crippen molar-refractivity contribution in [2.24, 2.45) is 5.92 Å². The Morgan fingerprint density at radius 2 is 2.14 bits per heavy atom. The number of piperazine rings is 1. The fourth-order valence-electron chi connectivity index (χ4n) is 3.67. The van der Waals surface area contributed by atoms with E-state index in [1.54, 1.807) is 0 Å². The molecule has 0 aromatic carbocycles. The number of thiophene rings is 1. The van der Waals surface area contributed by atoms with Gasteiger partial charge in [0.25, 0.3) is 0 Å². The van der Waals surface area contributed by atoms with Gasteiger partial charge in [0.1, 0.15) is 0 Å². The molecule has 4 heteroatoms. The van der Waals surface area contributed by atoms with Gasteiger partial charge in [0.2, 0.25) is 0 Å². The van der Waals surface area contributed by atoms with Gasteiger partial charge in [-0.2, -0.15) is 0 Å². The quantitative estimate of drug-likeness (QED) is 0.832. The predicted molar refractivity (Wildman–Crippen MR) is 86.8 cm³/mol. The van der Waals surface area contributed by atoms with Gasteiger partial charge in [0.15, 0.2) is 0 Å². The van der Waals surface area contributed by atoms with Gasteiger partial charge in [-0.3, -0.25) is 9.80 Å². The first-order chi connectivity index (χ1) is 10.3.